The van der Waals surface area contributed by atoms with E-state index >= 15 is 0 Å². The average Bonchev–Trinajstić information content (AvgIpc) is 1.59. The Balaban J connectivity index is 0.000000127. The number of nitrogen functional groups attached to an aromatic ring is 3. The summed E-state index contributed by atoms with van der Waals surface area (Å²) in [6, 6.07) is 24.7. The molecule has 1 aliphatic heterocycles. The highest BCUT2D eigenvalue weighted by Gasteiger charge is 2.49. The fourth-order valence-corrected chi connectivity index (χ4v) is 20.4. The Morgan fingerprint density at radius 3 is 1.58 bits per heavy atom. The number of hydrogen-bond donors (Lipinski definition) is 12. The Morgan fingerprint density at radius 1 is 0.542 bits per heavy atom. The van der Waals surface area contributed by atoms with Gasteiger partial charge in [0.25, 0.3) is 0 Å². The minimum Gasteiger partial charge on any atom is -0.390 e. The van der Waals surface area contributed by atoms with Crippen LogP contribution in [0.15, 0.2) is 104 Å². The number of aliphatic hydroxyl groups is 6. The molecule has 19 rings (SSSR count). The Hall–Kier alpha value is -9.14. The fourth-order valence-electron chi connectivity index (χ4n) is 20.4. The third-order valence-electron chi connectivity index (χ3n) is 28.2. The van der Waals surface area contributed by atoms with Crippen LogP contribution in [0.3, 0.4) is 0 Å². The summed E-state index contributed by atoms with van der Waals surface area (Å²) in [7, 11) is 2.15. The molecule has 6 aliphatic carbocycles. The monoisotopic (exact) mass is 1610 g/mol. The lowest BCUT2D eigenvalue weighted by molar-refractivity contribution is -0.0620. The predicted octanol–water partition coefficient (Wildman–Crippen LogP) is 10.5. The second-order valence-electron chi connectivity index (χ2n) is 37.3. The molecular formula is C89H120N22O7. The van der Waals surface area contributed by atoms with Crippen LogP contribution in [0.5, 0.6) is 0 Å². The van der Waals surface area contributed by atoms with Crippen molar-refractivity contribution in [3.63, 3.8) is 0 Å². The van der Waals surface area contributed by atoms with Crippen LogP contribution < -0.4 is 17.2 Å². The number of hydrogen-bond acceptors (Lipinski definition) is 23. The van der Waals surface area contributed by atoms with Gasteiger partial charge >= 0.3 is 0 Å². The predicted molar refractivity (Wildman–Crippen MR) is 457 cm³/mol. The van der Waals surface area contributed by atoms with Crippen molar-refractivity contribution in [1.82, 2.24) is 93.2 Å². The van der Waals surface area contributed by atoms with Crippen LogP contribution in [0.25, 0.3) is 66.3 Å². The number of nitrogens with zero attached hydrogens (tertiary/aromatic N) is 16. The average molecular weight is 1610 g/mol. The van der Waals surface area contributed by atoms with E-state index in [-0.39, 0.29) is 41.2 Å². The van der Waals surface area contributed by atoms with Crippen LogP contribution in [-0.2, 0) is 34.8 Å². The zero-order valence-electron chi connectivity index (χ0n) is 69.6. The number of imidazole rings is 4. The summed E-state index contributed by atoms with van der Waals surface area (Å²) in [6.45, 7) is 20.8. The summed E-state index contributed by atoms with van der Waals surface area (Å²) < 4.78 is 11.8. The topological polar surface area (TPSA) is 409 Å². The molecule has 10 heterocycles. The second kappa shape index (κ2) is 33.1. The minimum atomic E-state index is -1.11. The van der Waals surface area contributed by atoms with Gasteiger partial charge in [-0.2, -0.15) is 0 Å². The molecule has 118 heavy (non-hydrogen) atoms. The molecule has 628 valence electrons. The van der Waals surface area contributed by atoms with E-state index in [1.165, 1.54) is 86.9 Å². The maximum absolute atomic E-state index is 11.0. The van der Waals surface area contributed by atoms with Crippen molar-refractivity contribution in [1.29, 1.82) is 0 Å². The van der Waals surface area contributed by atoms with Crippen LogP contribution in [-0.4, -0.2) is 224 Å². The van der Waals surface area contributed by atoms with Gasteiger partial charge < -0.3 is 86.5 Å². The van der Waals surface area contributed by atoms with Gasteiger partial charge in [-0.25, -0.2) is 49.8 Å². The number of aliphatic hydroxyl groups excluding tert-OH is 6. The number of aromatic amines is 3. The molecule has 0 radical (unpaired) electrons. The quantitative estimate of drug-likeness (QED) is 0.0267. The molecule has 0 unspecified atom stereocenters. The van der Waals surface area contributed by atoms with Crippen molar-refractivity contribution in [3.05, 3.63) is 139 Å². The smallest absolute Gasteiger partial charge is 0.167 e. The molecule has 7 aliphatic rings. The first-order chi connectivity index (χ1) is 56.7. The van der Waals surface area contributed by atoms with Crippen LogP contribution >= 0.6 is 0 Å². The van der Waals surface area contributed by atoms with Gasteiger partial charge in [0.2, 0.25) is 0 Å². The van der Waals surface area contributed by atoms with Crippen molar-refractivity contribution >= 4 is 83.8 Å². The van der Waals surface area contributed by atoms with Gasteiger partial charge in [-0.05, 0) is 212 Å². The number of benzene rings is 3. The second-order valence-corrected chi connectivity index (χ2v) is 37.3. The number of anilines is 3. The summed E-state index contributed by atoms with van der Waals surface area (Å²) in [5, 5.41) is 67.1. The van der Waals surface area contributed by atoms with Crippen molar-refractivity contribution < 1.29 is 35.4 Å². The molecule has 12 atom stereocenters. The van der Waals surface area contributed by atoms with E-state index < -0.39 is 49.0 Å². The molecule has 1 saturated heterocycles. The first-order valence-corrected chi connectivity index (χ1v) is 43.1. The fraction of sp³-hybridized carbons (Fsp3) is 0.573. The SMILES string of the molecule is CC(C)N(C[C@H]1O[C@@H](n2cnc3c(N)ncnc32)[C@H](O)[C@@H]1O)C1CC(CCc2nc3ccc(C4(C)CCC4)cc3[nH]2)C1.CCN(C[C@H]1C[C@@H](n2ccc3c(N)ncnc32)[C@H](O)[C@@H]1O)C1CC(CCc2nc3ccc(C(C)(C)C)cc3[nH]2)C1.Cc1ccc2nc(CCC3CC(N(C)C[C@H]4C[C@@H](n5ccc6c(N)ncnc65)[C@H](O)[C@@H]4O)C3)[nH]c2c1. The zero-order chi connectivity index (χ0) is 82.3. The molecule has 0 amide bonds. The maximum atomic E-state index is 11.0. The van der Waals surface area contributed by atoms with E-state index in [0.29, 0.717) is 94.8 Å². The molecule has 3 aromatic carbocycles. The molecule has 0 bridgehead atoms. The molecule has 9 aromatic heterocycles. The van der Waals surface area contributed by atoms with E-state index in [2.05, 4.69) is 182 Å². The Labute approximate surface area is 688 Å². The normalized spacial score (nSPS) is 28.2. The summed E-state index contributed by atoms with van der Waals surface area (Å²) in [5.41, 5.74) is 31.3. The lowest BCUT2D eigenvalue weighted by Crippen LogP contribution is -2.52. The minimum absolute atomic E-state index is 0.00386. The number of H-pyrrole nitrogens is 3. The zero-order valence-corrected chi connectivity index (χ0v) is 69.6. The molecule has 0 spiro atoms. The van der Waals surface area contributed by atoms with Crippen LogP contribution in [0, 0.1) is 36.5 Å². The van der Waals surface area contributed by atoms with E-state index in [1.807, 2.05) is 33.7 Å². The number of fused-ring (bicyclic) bond motifs is 6. The van der Waals surface area contributed by atoms with Gasteiger partial charge in [-0.15, -0.1) is 0 Å². The number of nitrogens with one attached hydrogen (secondary N) is 3. The van der Waals surface area contributed by atoms with Gasteiger partial charge in [0.1, 0.15) is 95.4 Å². The third-order valence-corrected chi connectivity index (χ3v) is 28.2. The Morgan fingerprint density at radius 2 is 1.04 bits per heavy atom. The van der Waals surface area contributed by atoms with Gasteiger partial charge in [-0.3, -0.25) is 9.47 Å². The number of rotatable bonds is 24. The molecule has 29 heteroatoms. The lowest BCUT2D eigenvalue weighted by atomic mass is 9.66. The molecular weight excluding hydrogens is 1490 g/mol. The van der Waals surface area contributed by atoms with Crippen LogP contribution in [0.2, 0.25) is 0 Å². The lowest BCUT2D eigenvalue weighted by Gasteiger charge is -2.46. The van der Waals surface area contributed by atoms with Crippen molar-refractivity contribution in [3.8, 4) is 0 Å². The first kappa shape index (κ1) is 81.2. The van der Waals surface area contributed by atoms with Crippen molar-refractivity contribution in [2.24, 2.45) is 29.6 Å². The standard InChI is InChI=1S/C31H42N8O3.C31H43N7O2.C27H35N7O2/c1-17(2)38(14-23-26(40)27(41)30(42-23)39-16-35-25-28(32)33-15-34-29(25)39)20-11-18(12-20)5-8-24-36-21-7-6-19(13-22(21)37-24)31(3)9-4-10-31;1-5-37(16-19-14-25(28(40)27(19)39)38-11-10-22-29(32)33-17-34-30(22)38)21-12-18(13-21)6-9-26-35-23-8-7-20(31(2,3)4)15-24(23)36-26;1-15-3-5-20-21(9-15)32-23(31-20)6-4-16-10-18(11-16)33(2)13-17-12-22(25(36)24(17)35)34-8-7-19-26(28)29-14-30-27(19)34/h6-7,13,15-18,20,23,26-27,30,40-41H,4-5,8-12,14H2,1-3H3,(H,36,37)(H2,32,33,34);7-8,10-11,15,17-19,21,25,27-28,39-40H,5-6,9,12-14,16H2,1-4H3,(H,35,36)(H2,32,33,34);3,5,7-9,14,16-18,22,24-25,35-36H,4,6,10-13H2,1-2H3,(H,31,32)(H2,28,29,30)/t18?,20?,23-,26-,27-,30-;18?,19-,21?,25-,27-,28+;16?,17-,18?,22-,24-,25+/m111/s1. The summed E-state index contributed by atoms with van der Waals surface area (Å²) in [5.74, 6) is 6.40. The van der Waals surface area contributed by atoms with Crippen LogP contribution in [0.1, 0.15) is 191 Å². The van der Waals surface area contributed by atoms with E-state index in [4.69, 9.17) is 36.9 Å². The Kier molecular flexibility index (Phi) is 22.8. The molecule has 12 aromatic rings. The van der Waals surface area contributed by atoms with Crippen molar-refractivity contribution in [2.45, 2.75) is 261 Å². The largest absolute Gasteiger partial charge is 0.390 e. The van der Waals surface area contributed by atoms with E-state index in [1.54, 1.807) is 4.57 Å². The van der Waals surface area contributed by atoms with Gasteiger partial charge in [-0.1, -0.05) is 59.2 Å². The maximum Gasteiger partial charge on any atom is 0.167 e. The third kappa shape index (κ3) is 16.2. The first-order valence-electron chi connectivity index (χ1n) is 43.1. The van der Waals surface area contributed by atoms with E-state index in [0.717, 1.165) is 132 Å². The van der Waals surface area contributed by atoms with Crippen LogP contribution in [0.4, 0.5) is 17.5 Å². The number of ether oxygens (including phenoxy) is 1. The molecule has 15 N–H and O–H groups in total. The summed E-state index contributed by atoms with van der Waals surface area (Å²) >= 11 is 0. The van der Waals surface area contributed by atoms with Gasteiger partial charge in [0.05, 0.1) is 74.5 Å². The highest BCUT2D eigenvalue weighted by Crippen LogP contribution is 2.47. The highest BCUT2D eigenvalue weighted by molar-refractivity contribution is 5.87. The van der Waals surface area contributed by atoms with E-state index in [9.17, 15) is 30.6 Å². The Bertz CT molecular complexity index is 5490. The van der Waals surface area contributed by atoms with Gasteiger partial charge in [0, 0.05) is 87.3 Å². The molecule has 7 fully saturated rings. The summed E-state index contributed by atoms with van der Waals surface area (Å²) in [4.78, 5) is 61.8. The number of aromatic nitrogens is 16. The number of aryl methyl sites for hydroxylation is 4. The molecule has 6 saturated carbocycles. The number of nitrogens with two attached hydrogens (primary N) is 3. The van der Waals surface area contributed by atoms with Crippen molar-refractivity contribution in [2.75, 3.05) is 50.4 Å². The highest BCUT2D eigenvalue weighted by atomic mass is 16.6. The summed E-state index contributed by atoms with van der Waals surface area (Å²) in [6.07, 6.45) is 21.4. The molecule has 29 nitrogen and oxygen atoms in total. The van der Waals surface area contributed by atoms with Gasteiger partial charge in [0.15, 0.2) is 17.7 Å².